The van der Waals surface area contributed by atoms with Crippen molar-refractivity contribution in [1.29, 1.82) is 0 Å². The summed E-state index contributed by atoms with van der Waals surface area (Å²) < 4.78 is 0. The molecule has 0 fully saturated rings. The Morgan fingerprint density at radius 2 is 1.67 bits per heavy atom. The van der Waals surface area contributed by atoms with Crippen LogP contribution in [0.3, 0.4) is 0 Å². The summed E-state index contributed by atoms with van der Waals surface area (Å²) in [6.07, 6.45) is 2.22. The zero-order valence-corrected chi connectivity index (χ0v) is 10.4. The fourth-order valence-electron chi connectivity index (χ4n) is 1.21. The molecule has 4 nitrogen and oxygen atoms in total. The predicted octanol–water partition coefficient (Wildman–Crippen LogP) is 2.80. The molecule has 0 N–H and O–H groups in total. The summed E-state index contributed by atoms with van der Waals surface area (Å²) in [5, 5.41) is 0.278. The molecular weight excluding hydrogens is 235 g/mol. The number of hydrogen-bond donors (Lipinski definition) is 0. The van der Waals surface area contributed by atoms with E-state index in [2.05, 4.69) is 21.9 Å². The van der Waals surface area contributed by atoms with Crippen LogP contribution >= 0.6 is 23.2 Å². The smallest absolute Gasteiger partial charge is 0.230 e. The van der Waals surface area contributed by atoms with E-state index in [0.717, 1.165) is 25.9 Å². The van der Waals surface area contributed by atoms with Gasteiger partial charge in [0.15, 0.2) is 0 Å². The molecule has 0 bridgehead atoms. The molecule has 15 heavy (non-hydrogen) atoms. The van der Waals surface area contributed by atoms with Gasteiger partial charge in [-0.2, -0.15) is 15.0 Å². The van der Waals surface area contributed by atoms with E-state index in [1.807, 2.05) is 11.8 Å². The second kappa shape index (κ2) is 6.08. The fraction of sp³-hybridized carbons (Fsp3) is 0.667. The lowest BCUT2D eigenvalue weighted by atomic mass is 10.3. The predicted molar refractivity (Wildman–Crippen MR) is 62.6 cm³/mol. The maximum absolute atomic E-state index is 5.71. The van der Waals surface area contributed by atoms with Gasteiger partial charge in [-0.15, -0.1) is 0 Å². The van der Waals surface area contributed by atoms with Crippen molar-refractivity contribution in [3.63, 3.8) is 0 Å². The van der Waals surface area contributed by atoms with Gasteiger partial charge in [0.25, 0.3) is 0 Å². The van der Waals surface area contributed by atoms with Crippen LogP contribution in [0.1, 0.15) is 26.7 Å². The number of unbranched alkanes of at least 4 members (excludes halogenated alkanes) is 1. The van der Waals surface area contributed by atoms with Gasteiger partial charge in [-0.3, -0.25) is 0 Å². The number of rotatable bonds is 5. The van der Waals surface area contributed by atoms with Crippen molar-refractivity contribution in [2.75, 3.05) is 18.0 Å². The van der Waals surface area contributed by atoms with Gasteiger partial charge in [-0.25, -0.2) is 0 Å². The highest BCUT2D eigenvalue weighted by atomic mass is 35.5. The fourth-order valence-corrected chi connectivity index (χ4v) is 1.56. The van der Waals surface area contributed by atoms with Crippen LogP contribution in [-0.4, -0.2) is 28.0 Å². The molecule has 0 spiro atoms. The Labute approximate surface area is 99.6 Å². The number of halogens is 2. The molecule has 0 saturated heterocycles. The molecule has 6 heteroatoms. The Morgan fingerprint density at radius 3 is 2.13 bits per heavy atom. The first-order chi connectivity index (χ1) is 7.17. The minimum Gasteiger partial charge on any atom is -0.341 e. The zero-order valence-electron chi connectivity index (χ0n) is 8.87. The molecule has 0 aromatic carbocycles. The molecular formula is C9H14Cl2N4. The average molecular weight is 249 g/mol. The highest BCUT2D eigenvalue weighted by molar-refractivity contribution is 6.31. The van der Waals surface area contributed by atoms with E-state index in [4.69, 9.17) is 23.2 Å². The van der Waals surface area contributed by atoms with Crippen LogP contribution < -0.4 is 4.90 Å². The van der Waals surface area contributed by atoms with Gasteiger partial charge in [0, 0.05) is 13.1 Å². The molecule has 1 rings (SSSR count). The highest BCUT2D eigenvalue weighted by Crippen LogP contribution is 2.14. The van der Waals surface area contributed by atoms with E-state index < -0.39 is 0 Å². The molecule has 1 aromatic rings. The van der Waals surface area contributed by atoms with E-state index in [1.165, 1.54) is 0 Å². The summed E-state index contributed by atoms with van der Waals surface area (Å²) in [6, 6.07) is 0. The summed E-state index contributed by atoms with van der Waals surface area (Å²) in [4.78, 5) is 13.8. The van der Waals surface area contributed by atoms with Crippen molar-refractivity contribution >= 4 is 29.2 Å². The molecule has 0 aliphatic carbocycles. The van der Waals surface area contributed by atoms with Gasteiger partial charge >= 0.3 is 0 Å². The summed E-state index contributed by atoms with van der Waals surface area (Å²) >= 11 is 11.4. The lowest BCUT2D eigenvalue weighted by molar-refractivity contribution is 0.711. The molecule has 1 heterocycles. The first-order valence-electron chi connectivity index (χ1n) is 4.99. The zero-order chi connectivity index (χ0) is 11.3. The lowest BCUT2D eigenvalue weighted by Gasteiger charge is -2.20. The second-order valence-corrected chi connectivity index (χ2v) is 3.78. The maximum Gasteiger partial charge on any atom is 0.230 e. The standard InChI is InChI=1S/C9H14Cl2N4/c1-3-5-6-15(4-2)9-13-7(10)12-8(11)14-9/h3-6H2,1-2H3. The maximum atomic E-state index is 5.71. The van der Waals surface area contributed by atoms with E-state index >= 15 is 0 Å². The van der Waals surface area contributed by atoms with Crippen molar-refractivity contribution in [2.24, 2.45) is 0 Å². The number of aromatic nitrogens is 3. The third kappa shape index (κ3) is 3.80. The molecule has 84 valence electrons. The first kappa shape index (κ1) is 12.5. The van der Waals surface area contributed by atoms with Crippen LogP contribution in [-0.2, 0) is 0 Å². The van der Waals surface area contributed by atoms with Crippen molar-refractivity contribution in [2.45, 2.75) is 26.7 Å². The average Bonchev–Trinajstić information content (AvgIpc) is 2.17. The number of anilines is 1. The van der Waals surface area contributed by atoms with Crippen LogP contribution in [0.15, 0.2) is 0 Å². The summed E-state index contributed by atoms with van der Waals surface area (Å²) in [6.45, 7) is 5.92. The first-order valence-corrected chi connectivity index (χ1v) is 5.75. The monoisotopic (exact) mass is 248 g/mol. The second-order valence-electron chi connectivity index (χ2n) is 3.11. The Bertz CT molecular complexity index is 299. The Balaban J connectivity index is 2.81. The van der Waals surface area contributed by atoms with Crippen molar-refractivity contribution in [1.82, 2.24) is 15.0 Å². The number of hydrogen-bond acceptors (Lipinski definition) is 4. The lowest BCUT2D eigenvalue weighted by Crippen LogP contribution is -2.26. The normalized spacial score (nSPS) is 10.4. The van der Waals surface area contributed by atoms with Gasteiger partial charge < -0.3 is 4.90 Å². The Morgan fingerprint density at radius 1 is 1.07 bits per heavy atom. The van der Waals surface area contributed by atoms with E-state index in [1.54, 1.807) is 0 Å². The molecule has 0 unspecified atom stereocenters. The van der Waals surface area contributed by atoms with Gasteiger partial charge in [0.1, 0.15) is 0 Å². The van der Waals surface area contributed by atoms with Gasteiger partial charge in [0.2, 0.25) is 16.5 Å². The van der Waals surface area contributed by atoms with Crippen molar-refractivity contribution in [3.8, 4) is 0 Å². The third-order valence-electron chi connectivity index (χ3n) is 2.02. The van der Waals surface area contributed by atoms with Gasteiger partial charge in [-0.1, -0.05) is 13.3 Å². The third-order valence-corrected chi connectivity index (χ3v) is 2.35. The minimum atomic E-state index is 0.139. The molecule has 0 atom stereocenters. The van der Waals surface area contributed by atoms with Gasteiger partial charge in [0.05, 0.1) is 0 Å². The molecule has 1 aromatic heterocycles. The van der Waals surface area contributed by atoms with Crippen molar-refractivity contribution in [3.05, 3.63) is 10.6 Å². The van der Waals surface area contributed by atoms with Gasteiger partial charge in [-0.05, 0) is 36.5 Å². The summed E-state index contributed by atoms with van der Waals surface area (Å²) in [5.74, 6) is 0.552. The van der Waals surface area contributed by atoms with Crippen molar-refractivity contribution < 1.29 is 0 Å². The van der Waals surface area contributed by atoms with Crippen LogP contribution in [0.5, 0.6) is 0 Å². The van der Waals surface area contributed by atoms with Crippen LogP contribution in [0.2, 0.25) is 10.6 Å². The molecule has 0 amide bonds. The van der Waals surface area contributed by atoms with E-state index in [0.29, 0.717) is 5.95 Å². The highest BCUT2D eigenvalue weighted by Gasteiger charge is 2.09. The quantitative estimate of drug-likeness (QED) is 0.804. The Kier molecular flexibility index (Phi) is 5.05. The largest absolute Gasteiger partial charge is 0.341 e. The molecule has 0 aliphatic heterocycles. The minimum absolute atomic E-state index is 0.139. The SMILES string of the molecule is CCCCN(CC)c1nc(Cl)nc(Cl)n1. The van der Waals surface area contributed by atoms with Crippen LogP contribution in [0.4, 0.5) is 5.95 Å². The number of nitrogens with zero attached hydrogens (tertiary/aromatic N) is 4. The topological polar surface area (TPSA) is 41.9 Å². The van der Waals surface area contributed by atoms with Crippen LogP contribution in [0.25, 0.3) is 0 Å². The van der Waals surface area contributed by atoms with E-state index in [-0.39, 0.29) is 10.6 Å². The summed E-state index contributed by atoms with van der Waals surface area (Å²) in [7, 11) is 0. The molecule has 0 aliphatic rings. The molecule has 0 radical (unpaired) electrons. The van der Waals surface area contributed by atoms with E-state index in [9.17, 15) is 0 Å². The van der Waals surface area contributed by atoms with Crippen LogP contribution in [0, 0.1) is 0 Å². The molecule has 0 saturated carbocycles. The summed E-state index contributed by atoms with van der Waals surface area (Å²) in [5.41, 5.74) is 0. The Hall–Kier alpha value is -0.610.